The first-order chi connectivity index (χ1) is 12.1. The van der Waals surface area contributed by atoms with E-state index in [2.05, 4.69) is 10.9 Å². The molecular weight excluding hydrogens is 338 g/mol. The van der Waals surface area contributed by atoms with Gasteiger partial charge >= 0.3 is 0 Å². The third kappa shape index (κ3) is 4.54. The van der Waals surface area contributed by atoms with Crippen LogP contribution in [0.25, 0.3) is 0 Å². The van der Waals surface area contributed by atoms with E-state index in [0.717, 1.165) is 36.3 Å². The molecule has 1 aliphatic heterocycles. The van der Waals surface area contributed by atoms with Crippen molar-refractivity contribution in [2.24, 2.45) is 5.92 Å². The van der Waals surface area contributed by atoms with Crippen LogP contribution in [0.15, 0.2) is 29.2 Å². The van der Waals surface area contributed by atoms with Crippen LogP contribution in [0.4, 0.5) is 5.69 Å². The summed E-state index contributed by atoms with van der Waals surface area (Å²) in [5.41, 5.74) is 5.85. The zero-order valence-electron chi connectivity index (χ0n) is 14.1. The molecule has 2 aliphatic rings. The summed E-state index contributed by atoms with van der Waals surface area (Å²) in [5, 5.41) is 0. The third-order valence-corrected chi connectivity index (χ3v) is 5.72. The highest BCUT2D eigenvalue weighted by atomic mass is 32.2. The van der Waals surface area contributed by atoms with Gasteiger partial charge in [-0.2, -0.15) is 0 Å². The van der Waals surface area contributed by atoms with Crippen molar-refractivity contribution in [3.8, 4) is 0 Å². The number of benzene rings is 1. The second kappa shape index (κ2) is 8.38. The van der Waals surface area contributed by atoms with Gasteiger partial charge in [-0.25, -0.2) is 0 Å². The molecule has 1 fully saturated rings. The summed E-state index contributed by atoms with van der Waals surface area (Å²) in [5.74, 6) is -0.00212. The number of nitrogens with zero attached hydrogens (tertiary/aromatic N) is 1. The molecule has 1 aromatic carbocycles. The van der Waals surface area contributed by atoms with E-state index in [-0.39, 0.29) is 30.1 Å². The summed E-state index contributed by atoms with van der Waals surface area (Å²) in [6.45, 7) is 0.307. The van der Waals surface area contributed by atoms with E-state index in [4.69, 9.17) is 0 Å². The highest BCUT2D eigenvalue weighted by molar-refractivity contribution is 8.00. The van der Waals surface area contributed by atoms with Gasteiger partial charge in [-0.15, -0.1) is 11.8 Å². The average molecular weight is 361 g/mol. The fourth-order valence-corrected chi connectivity index (χ4v) is 4.21. The number of hydrazine groups is 1. The second-order valence-corrected chi connectivity index (χ2v) is 7.44. The molecule has 134 valence electrons. The van der Waals surface area contributed by atoms with E-state index in [1.807, 2.05) is 24.3 Å². The topological polar surface area (TPSA) is 78.5 Å². The predicted octanol–water partition coefficient (Wildman–Crippen LogP) is 2.24. The van der Waals surface area contributed by atoms with Crippen molar-refractivity contribution in [3.63, 3.8) is 0 Å². The zero-order chi connectivity index (χ0) is 17.6. The lowest BCUT2D eigenvalue weighted by atomic mass is 9.89. The smallest absolute Gasteiger partial charge is 0.241 e. The van der Waals surface area contributed by atoms with E-state index >= 15 is 0 Å². The summed E-state index contributed by atoms with van der Waals surface area (Å²) in [4.78, 5) is 38.9. The molecule has 0 atom stereocenters. The van der Waals surface area contributed by atoms with E-state index < -0.39 is 0 Å². The van der Waals surface area contributed by atoms with Gasteiger partial charge in [-0.3, -0.25) is 25.2 Å². The van der Waals surface area contributed by atoms with Gasteiger partial charge in [0.1, 0.15) is 0 Å². The maximum absolute atomic E-state index is 12.1. The number of fused-ring (bicyclic) bond motifs is 1. The van der Waals surface area contributed by atoms with Crippen LogP contribution in [0, 0.1) is 5.92 Å². The molecule has 1 heterocycles. The summed E-state index contributed by atoms with van der Waals surface area (Å²) in [6, 6.07) is 7.69. The molecule has 3 rings (SSSR count). The van der Waals surface area contributed by atoms with Crippen molar-refractivity contribution >= 4 is 35.2 Å². The normalized spacial score (nSPS) is 17.8. The van der Waals surface area contributed by atoms with Crippen molar-refractivity contribution in [1.82, 2.24) is 10.9 Å². The van der Waals surface area contributed by atoms with Crippen LogP contribution >= 0.6 is 11.8 Å². The monoisotopic (exact) mass is 361 g/mol. The molecule has 0 unspecified atom stereocenters. The van der Waals surface area contributed by atoms with Crippen LogP contribution in [-0.2, 0) is 14.4 Å². The van der Waals surface area contributed by atoms with E-state index in [1.165, 1.54) is 18.2 Å². The van der Waals surface area contributed by atoms with Gasteiger partial charge in [0.25, 0.3) is 0 Å². The van der Waals surface area contributed by atoms with Crippen LogP contribution in [0.2, 0.25) is 0 Å². The highest BCUT2D eigenvalue weighted by Crippen LogP contribution is 2.34. The molecule has 1 aliphatic carbocycles. The number of carbonyl (C=O) groups excluding carboxylic acids is 3. The van der Waals surface area contributed by atoms with E-state index in [1.54, 1.807) is 4.90 Å². The van der Waals surface area contributed by atoms with E-state index in [0.29, 0.717) is 12.3 Å². The lowest BCUT2D eigenvalue weighted by Gasteiger charge is -2.28. The van der Waals surface area contributed by atoms with Gasteiger partial charge in [0.15, 0.2) is 0 Å². The van der Waals surface area contributed by atoms with Crippen LogP contribution in [-0.4, -0.2) is 30.0 Å². The number of carbonyl (C=O) groups is 3. The number of amides is 3. The average Bonchev–Trinajstić information content (AvgIpc) is 2.66. The Labute approximate surface area is 151 Å². The number of anilines is 1. The molecule has 1 saturated carbocycles. The van der Waals surface area contributed by atoms with Gasteiger partial charge in [-0.05, 0) is 25.0 Å². The van der Waals surface area contributed by atoms with Crippen molar-refractivity contribution in [3.05, 3.63) is 24.3 Å². The Morgan fingerprint density at radius 1 is 1.12 bits per heavy atom. The minimum atomic E-state index is -0.285. The molecular formula is C18H23N3O3S. The fraction of sp³-hybridized carbons (Fsp3) is 0.500. The van der Waals surface area contributed by atoms with Crippen LogP contribution in [0.3, 0.4) is 0 Å². The molecule has 3 amide bonds. The summed E-state index contributed by atoms with van der Waals surface area (Å²) in [7, 11) is 0. The molecule has 7 heteroatoms. The number of nitrogens with one attached hydrogen (secondary N) is 2. The third-order valence-electron chi connectivity index (χ3n) is 4.67. The SMILES string of the molecule is O=C(CCN1C(=O)CSc2ccccc21)NNC(=O)C1CCCCC1. The van der Waals surface area contributed by atoms with E-state index in [9.17, 15) is 14.4 Å². The van der Waals surface area contributed by atoms with Crippen LogP contribution in [0.1, 0.15) is 38.5 Å². The first-order valence-electron chi connectivity index (χ1n) is 8.76. The Morgan fingerprint density at radius 2 is 1.88 bits per heavy atom. The molecule has 0 radical (unpaired) electrons. The molecule has 6 nitrogen and oxygen atoms in total. The number of rotatable bonds is 4. The first kappa shape index (κ1) is 17.8. The molecule has 0 spiro atoms. The Kier molecular flexibility index (Phi) is 5.96. The molecule has 0 bridgehead atoms. The van der Waals surface area contributed by atoms with Crippen molar-refractivity contribution in [2.45, 2.75) is 43.4 Å². The Bertz CT molecular complexity index is 659. The Balaban J connectivity index is 1.47. The number of para-hydroxylation sites is 1. The van der Waals surface area contributed by atoms with Crippen LogP contribution < -0.4 is 15.8 Å². The molecule has 2 N–H and O–H groups in total. The lowest BCUT2D eigenvalue weighted by molar-refractivity contribution is -0.131. The fourth-order valence-electron chi connectivity index (χ4n) is 3.27. The minimum absolute atomic E-state index is 0.00150. The standard InChI is InChI=1S/C18H23N3O3S/c22-16(19-20-18(24)13-6-2-1-3-7-13)10-11-21-14-8-4-5-9-15(14)25-12-17(21)23/h4-5,8-9,13H,1-3,6-7,10-12H2,(H,19,22)(H,20,24). The quantitative estimate of drug-likeness (QED) is 0.806. The summed E-state index contributed by atoms with van der Waals surface area (Å²) >= 11 is 1.52. The van der Waals surface area contributed by atoms with Crippen LogP contribution in [0.5, 0.6) is 0 Å². The summed E-state index contributed by atoms with van der Waals surface area (Å²) in [6.07, 6.45) is 5.24. The Hall–Kier alpha value is -2.02. The van der Waals surface area contributed by atoms with Crippen molar-refractivity contribution < 1.29 is 14.4 Å². The molecule has 0 aromatic heterocycles. The number of hydrogen-bond donors (Lipinski definition) is 2. The summed E-state index contributed by atoms with van der Waals surface area (Å²) < 4.78 is 0. The lowest BCUT2D eigenvalue weighted by Crippen LogP contribution is -2.46. The Morgan fingerprint density at radius 3 is 2.68 bits per heavy atom. The first-order valence-corrected chi connectivity index (χ1v) is 9.74. The number of thioether (sulfide) groups is 1. The zero-order valence-corrected chi connectivity index (χ0v) is 14.9. The van der Waals surface area contributed by atoms with Gasteiger partial charge < -0.3 is 4.90 Å². The van der Waals surface area contributed by atoms with Gasteiger partial charge in [0.2, 0.25) is 17.7 Å². The minimum Gasteiger partial charge on any atom is -0.310 e. The van der Waals surface area contributed by atoms with Gasteiger partial charge in [-0.1, -0.05) is 31.4 Å². The molecule has 25 heavy (non-hydrogen) atoms. The maximum atomic E-state index is 12.1. The number of hydrogen-bond acceptors (Lipinski definition) is 4. The maximum Gasteiger partial charge on any atom is 0.241 e. The van der Waals surface area contributed by atoms with Crippen molar-refractivity contribution in [1.29, 1.82) is 0 Å². The molecule has 1 aromatic rings. The largest absolute Gasteiger partial charge is 0.310 e. The second-order valence-electron chi connectivity index (χ2n) is 6.42. The van der Waals surface area contributed by atoms with Gasteiger partial charge in [0, 0.05) is 23.8 Å². The molecule has 0 saturated heterocycles. The van der Waals surface area contributed by atoms with Gasteiger partial charge in [0.05, 0.1) is 11.4 Å². The van der Waals surface area contributed by atoms with Crippen molar-refractivity contribution in [2.75, 3.05) is 17.2 Å². The highest BCUT2D eigenvalue weighted by Gasteiger charge is 2.25. The predicted molar refractivity (Wildman–Crippen MR) is 97.0 cm³/mol.